The molecule has 0 spiro atoms. The van der Waals surface area contributed by atoms with Crippen LogP contribution in [-0.4, -0.2) is 29.3 Å². The third kappa shape index (κ3) is 0.502. The first-order chi connectivity index (χ1) is 4.68. The number of carbonyl (C=O) groups excluding carboxylic acids is 1. The van der Waals surface area contributed by atoms with Crippen LogP contribution < -0.4 is 5.32 Å². The van der Waals surface area contributed by atoms with E-state index in [4.69, 9.17) is 5.11 Å². The molecule has 2 rings (SSSR count). The van der Waals surface area contributed by atoms with Gasteiger partial charge in [-0.25, -0.2) is 4.39 Å². The van der Waals surface area contributed by atoms with Gasteiger partial charge in [-0.1, -0.05) is 0 Å². The maximum atomic E-state index is 13.0. The van der Waals surface area contributed by atoms with Crippen LogP contribution in [0.2, 0.25) is 0 Å². The summed E-state index contributed by atoms with van der Waals surface area (Å²) in [6.45, 7) is -0.151. The number of halogens is 1. The zero-order valence-corrected chi connectivity index (χ0v) is 5.30. The van der Waals surface area contributed by atoms with Crippen LogP contribution >= 0.6 is 0 Å². The fourth-order valence-electron chi connectivity index (χ4n) is 1.55. The van der Waals surface area contributed by atoms with Crippen molar-refractivity contribution in [2.24, 2.45) is 5.92 Å². The van der Waals surface area contributed by atoms with Crippen molar-refractivity contribution < 1.29 is 14.3 Å². The molecule has 0 aromatic carbocycles. The molecule has 1 amide bonds. The number of aliphatic hydroxyl groups is 1. The first-order valence-electron chi connectivity index (χ1n) is 3.29. The number of piperidine rings is 1. The third-order valence-corrected chi connectivity index (χ3v) is 2.32. The average Bonchev–Trinajstić information content (AvgIpc) is 2.52. The fourth-order valence-corrected chi connectivity index (χ4v) is 1.55. The van der Waals surface area contributed by atoms with Crippen molar-refractivity contribution >= 4 is 5.91 Å². The van der Waals surface area contributed by atoms with Crippen LogP contribution in [0.3, 0.4) is 0 Å². The third-order valence-electron chi connectivity index (χ3n) is 2.32. The normalized spacial score (nSPS) is 50.4. The summed E-state index contributed by atoms with van der Waals surface area (Å²) in [6, 6.07) is -0.336. The predicted octanol–water partition coefficient (Wildman–Crippen LogP) is -0.795. The van der Waals surface area contributed by atoms with Gasteiger partial charge in [-0.2, -0.15) is 0 Å². The molecule has 3 nitrogen and oxygen atoms in total. The number of alkyl halides is 1. The highest BCUT2D eigenvalue weighted by Gasteiger charge is 2.69. The predicted molar refractivity (Wildman–Crippen MR) is 31.0 cm³/mol. The topological polar surface area (TPSA) is 49.3 Å². The standard InChI is InChI=1S/C6H8FNO2/c7-6-1-3(6)4(2-9)8-5(6)10/h3-4,9H,1-2H2,(H,8,10)/t3-,4-,6+/m1/s1. The second kappa shape index (κ2) is 1.50. The Labute approximate surface area is 57.2 Å². The van der Waals surface area contributed by atoms with Gasteiger partial charge in [-0.05, 0) is 6.42 Å². The van der Waals surface area contributed by atoms with Gasteiger partial charge in [0.2, 0.25) is 0 Å². The fraction of sp³-hybridized carbons (Fsp3) is 0.833. The molecule has 2 aliphatic rings. The Balaban J connectivity index is 2.17. The molecule has 4 heteroatoms. The van der Waals surface area contributed by atoms with E-state index in [1.807, 2.05) is 0 Å². The van der Waals surface area contributed by atoms with E-state index < -0.39 is 11.6 Å². The summed E-state index contributed by atoms with van der Waals surface area (Å²) in [4.78, 5) is 10.7. The van der Waals surface area contributed by atoms with Crippen molar-refractivity contribution in [2.75, 3.05) is 6.61 Å². The van der Waals surface area contributed by atoms with Crippen molar-refractivity contribution in [3.05, 3.63) is 0 Å². The Morgan fingerprint density at radius 1 is 1.90 bits per heavy atom. The first kappa shape index (κ1) is 6.09. The van der Waals surface area contributed by atoms with Crippen LogP contribution in [0.4, 0.5) is 4.39 Å². The number of hydrogen-bond acceptors (Lipinski definition) is 2. The molecule has 2 N–H and O–H groups in total. The summed E-state index contributed by atoms with van der Waals surface area (Å²) in [5, 5.41) is 11.0. The molecule has 3 atom stereocenters. The van der Waals surface area contributed by atoms with Gasteiger partial charge >= 0.3 is 0 Å². The number of rotatable bonds is 1. The highest BCUT2D eigenvalue weighted by Crippen LogP contribution is 2.53. The number of aliphatic hydroxyl groups excluding tert-OH is 1. The smallest absolute Gasteiger partial charge is 0.258 e. The van der Waals surface area contributed by atoms with Crippen molar-refractivity contribution in [2.45, 2.75) is 18.1 Å². The summed E-state index contributed by atoms with van der Waals surface area (Å²) in [5.74, 6) is -0.804. The van der Waals surface area contributed by atoms with Crippen LogP contribution in [0.5, 0.6) is 0 Å². The van der Waals surface area contributed by atoms with E-state index in [0.717, 1.165) is 0 Å². The lowest BCUT2D eigenvalue weighted by Crippen LogP contribution is -2.34. The van der Waals surface area contributed by atoms with Crippen molar-refractivity contribution in [1.82, 2.24) is 5.32 Å². The molecule has 1 aliphatic carbocycles. The average molecular weight is 145 g/mol. The summed E-state index contributed by atoms with van der Waals surface area (Å²) in [5.41, 5.74) is -1.62. The Morgan fingerprint density at radius 2 is 2.60 bits per heavy atom. The van der Waals surface area contributed by atoms with E-state index in [1.54, 1.807) is 0 Å². The largest absolute Gasteiger partial charge is 0.394 e. The maximum absolute atomic E-state index is 13.0. The zero-order valence-electron chi connectivity index (χ0n) is 5.30. The second-order valence-corrected chi connectivity index (χ2v) is 2.94. The number of nitrogens with one attached hydrogen (secondary N) is 1. The van der Waals surface area contributed by atoms with E-state index in [0.29, 0.717) is 6.42 Å². The van der Waals surface area contributed by atoms with Gasteiger partial charge in [0.25, 0.3) is 5.91 Å². The monoisotopic (exact) mass is 145 g/mol. The van der Waals surface area contributed by atoms with Gasteiger partial charge in [0, 0.05) is 5.92 Å². The zero-order chi connectivity index (χ0) is 7.35. The van der Waals surface area contributed by atoms with Crippen LogP contribution in [0.15, 0.2) is 0 Å². The molecular formula is C6H8FNO2. The van der Waals surface area contributed by atoms with Crippen molar-refractivity contribution in [3.63, 3.8) is 0 Å². The highest BCUT2D eigenvalue weighted by atomic mass is 19.1. The molecule has 1 saturated carbocycles. The Morgan fingerprint density at radius 3 is 2.80 bits per heavy atom. The quantitative estimate of drug-likeness (QED) is 0.507. The molecule has 1 heterocycles. The maximum Gasteiger partial charge on any atom is 0.258 e. The Hall–Kier alpha value is -0.640. The lowest BCUT2D eigenvalue weighted by atomic mass is 10.2. The minimum atomic E-state index is -1.62. The first-order valence-corrected chi connectivity index (χ1v) is 3.29. The van der Waals surface area contributed by atoms with E-state index >= 15 is 0 Å². The summed E-state index contributed by atoms with van der Waals surface area (Å²) in [7, 11) is 0. The van der Waals surface area contributed by atoms with Crippen LogP contribution in [0.25, 0.3) is 0 Å². The molecule has 56 valence electrons. The molecule has 2 fully saturated rings. The van der Waals surface area contributed by atoms with Gasteiger partial charge in [-0.3, -0.25) is 4.79 Å². The van der Waals surface area contributed by atoms with Crippen molar-refractivity contribution in [1.29, 1.82) is 0 Å². The van der Waals surface area contributed by atoms with Gasteiger partial charge in [0.15, 0.2) is 5.67 Å². The van der Waals surface area contributed by atoms with Gasteiger partial charge in [-0.15, -0.1) is 0 Å². The Bertz CT molecular complexity index is 196. The molecular weight excluding hydrogens is 137 g/mol. The number of carbonyl (C=O) groups is 1. The molecule has 1 saturated heterocycles. The molecule has 1 aliphatic heterocycles. The van der Waals surface area contributed by atoms with E-state index in [1.165, 1.54) is 0 Å². The molecule has 0 radical (unpaired) electrons. The van der Waals surface area contributed by atoms with Crippen LogP contribution in [0.1, 0.15) is 6.42 Å². The molecule has 10 heavy (non-hydrogen) atoms. The summed E-state index contributed by atoms with van der Waals surface area (Å²) >= 11 is 0. The Kier molecular flexibility index (Phi) is 0.916. The van der Waals surface area contributed by atoms with Crippen LogP contribution in [0, 0.1) is 5.92 Å². The van der Waals surface area contributed by atoms with Crippen molar-refractivity contribution in [3.8, 4) is 0 Å². The van der Waals surface area contributed by atoms with Gasteiger partial charge in [0.1, 0.15) is 0 Å². The van der Waals surface area contributed by atoms with Crippen LogP contribution in [-0.2, 0) is 4.79 Å². The minimum Gasteiger partial charge on any atom is -0.394 e. The van der Waals surface area contributed by atoms with E-state index in [2.05, 4.69) is 5.32 Å². The summed E-state index contributed by atoms with van der Waals surface area (Å²) in [6.07, 6.45) is 0.296. The number of amides is 1. The van der Waals surface area contributed by atoms with E-state index in [9.17, 15) is 9.18 Å². The second-order valence-electron chi connectivity index (χ2n) is 2.94. The lowest BCUT2D eigenvalue weighted by Gasteiger charge is -2.06. The molecule has 0 aromatic rings. The van der Waals surface area contributed by atoms with Gasteiger partial charge < -0.3 is 10.4 Å². The van der Waals surface area contributed by atoms with E-state index in [-0.39, 0.29) is 18.6 Å². The van der Waals surface area contributed by atoms with Gasteiger partial charge in [0.05, 0.1) is 12.6 Å². The molecule has 0 bridgehead atoms. The highest BCUT2D eigenvalue weighted by molar-refractivity contribution is 5.92. The SMILES string of the molecule is O=C1N[C@H](CO)[C@H]2C[C@@]12F. The molecule has 0 aromatic heterocycles. The lowest BCUT2D eigenvalue weighted by molar-refractivity contribution is -0.125. The summed E-state index contributed by atoms with van der Waals surface area (Å²) < 4.78 is 13.0. The number of fused-ring (bicyclic) bond motifs is 1. The minimum absolute atomic E-state index is 0.151. The number of hydrogen-bond donors (Lipinski definition) is 2. The molecule has 0 unspecified atom stereocenters.